The molecule has 0 aromatic heterocycles. The van der Waals surface area contributed by atoms with Crippen LogP contribution in [0.25, 0.3) is 0 Å². The smallest absolute Gasteiger partial charge is 0.352 e. The monoisotopic (exact) mass is 331 g/mol. The molecule has 1 aliphatic carbocycles. The van der Waals surface area contributed by atoms with E-state index in [1.165, 1.54) is 11.1 Å². The zero-order chi connectivity index (χ0) is 16.6. The van der Waals surface area contributed by atoms with Gasteiger partial charge in [-0.05, 0) is 67.5 Å². The van der Waals surface area contributed by atoms with Crippen LogP contribution in [0.15, 0.2) is 36.4 Å². The first-order chi connectivity index (χ1) is 10.8. The van der Waals surface area contributed by atoms with Gasteiger partial charge < -0.3 is 15.1 Å². The zero-order valence-electron chi connectivity index (χ0n) is 13.4. The van der Waals surface area contributed by atoms with Crippen LogP contribution in [0.1, 0.15) is 40.0 Å². The van der Waals surface area contributed by atoms with Crippen molar-refractivity contribution in [3.63, 3.8) is 0 Å². The van der Waals surface area contributed by atoms with Crippen molar-refractivity contribution in [3.05, 3.63) is 64.2 Å². The van der Waals surface area contributed by atoms with Gasteiger partial charge in [0.2, 0.25) is 0 Å². The number of benzene rings is 2. The van der Waals surface area contributed by atoms with Gasteiger partial charge in [0.15, 0.2) is 5.78 Å². The highest BCUT2D eigenvalue weighted by Crippen LogP contribution is 2.52. The highest BCUT2D eigenvalue weighted by molar-refractivity contribution is 7.52. The minimum atomic E-state index is -4.34. The SMILES string of the molecule is Cc1ccc(C(Nc2ccc3c(c2)CCC3)P(=O)(O)O)c(C)c1. The highest BCUT2D eigenvalue weighted by Gasteiger charge is 2.31. The fourth-order valence-electron chi connectivity index (χ4n) is 3.29. The van der Waals surface area contributed by atoms with E-state index in [1.807, 2.05) is 38.1 Å². The van der Waals surface area contributed by atoms with E-state index in [4.69, 9.17) is 0 Å². The third-order valence-electron chi connectivity index (χ3n) is 4.46. The predicted octanol–water partition coefficient (Wildman–Crippen LogP) is 4.08. The molecule has 0 heterocycles. The van der Waals surface area contributed by atoms with Gasteiger partial charge in [-0.2, -0.15) is 0 Å². The van der Waals surface area contributed by atoms with E-state index in [0.29, 0.717) is 5.56 Å². The summed E-state index contributed by atoms with van der Waals surface area (Å²) in [4.78, 5) is 19.7. The first kappa shape index (κ1) is 16.3. The second-order valence-electron chi connectivity index (χ2n) is 6.33. The van der Waals surface area contributed by atoms with Crippen molar-refractivity contribution in [2.75, 3.05) is 5.32 Å². The molecular formula is C18H22NO3P. The summed E-state index contributed by atoms with van der Waals surface area (Å²) in [5.74, 6) is -1.03. The maximum Gasteiger partial charge on any atom is 0.352 e. The molecule has 1 unspecified atom stereocenters. The van der Waals surface area contributed by atoms with E-state index >= 15 is 0 Å². The Hall–Kier alpha value is -1.61. The molecule has 4 nitrogen and oxygen atoms in total. The third-order valence-corrected chi connectivity index (χ3v) is 5.54. The fraction of sp³-hybridized carbons (Fsp3) is 0.333. The Morgan fingerprint density at radius 3 is 2.48 bits per heavy atom. The van der Waals surface area contributed by atoms with E-state index in [9.17, 15) is 14.4 Å². The molecule has 23 heavy (non-hydrogen) atoms. The molecular weight excluding hydrogens is 309 g/mol. The van der Waals surface area contributed by atoms with Crippen LogP contribution in [0.5, 0.6) is 0 Å². The molecule has 0 amide bonds. The van der Waals surface area contributed by atoms with E-state index in [1.54, 1.807) is 6.07 Å². The molecule has 3 N–H and O–H groups in total. The largest absolute Gasteiger partial charge is 0.368 e. The molecule has 0 fully saturated rings. The Balaban J connectivity index is 1.96. The van der Waals surface area contributed by atoms with Crippen molar-refractivity contribution in [3.8, 4) is 0 Å². The fourth-order valence-corrected chi connectivity index (χ4v) is 4.26. The topological polar surface area (TPSA) is 69.6 Å². The number of hydrogen-bond donors (Lipinski definition) is 3. The lowest BCUT2D eigenvalue weighted by molar-refractivity contribution is 0.363. The predicted molar refractivity (Wildman–Crippen MR) is 92.8 cm³/mol. The molecule has 1 aliphatic rings. The number of hydrogen-bond acceptors (Lipinski definition) is 2. The van der Waals surface area contributed by atoms with Gasteiger partial charge in [0, 0.05) is 5.69 Å². The summed E-state index contributed by atoms with van der Waals surface area (Å²) in [5.41, 5.74) is 5.98. The average Bonchev–Trinajstić information content (AvgIpc) is 2.92. The quantitative estimate of drug-likeness (QED) is 0.738. The molecule has 0 radical (unpaired) electrons. The molecule has 122 valence electrons. The molecule has 0 saturated heterocycles. The summed E-state index contributed by atoms with van der Waals surface area (Å²) >= 11 is 0. The van der Waals surface area contributed by atoms with E-state index in [-0.39, 0.29) is 0 Å². The molecule has 2 aromatic rings. The number of nitrogens with one attached hydrogen (secondary N) is 1. The van der Waals surface area contributed by atoms with Gasteiger partial charge in [-0.15, -0.1) is 0 Å². The molecule has 0 bridgehead atoms. The van der Waals surface area contributed by atoms with Crippen LogP contribution in [-0.4, -0.2) is 9.79 Å². The Morgan fingerprint density at radius 2 is 1.78 bits per heavy atom. The van der Waals surface area contributed by atoms with Crippen LogP contribution in [-0.2, 0) is 17.4 Å². The lowest BCUT2D eigenvalue weighted by Crippen LogP contribution is -2.13. The Kier molecular flexibility index (Phi) is 4.33. The molecule has 3 rings (SSSR count). The summed E-state index contributed by atoms with van der Waals surface area (Å²) in [6.07, 6.45) is 3.28. The van der Waals surface area contributed by atoms with Crippen molar-refractivity contribution < 1.29 is 14.4 Å². The maximum absolute atomic E-state index is 12.0. The van der Waals surface area contributed by atoms with Crippen LogP contribution >= 0.6 is 7.60 Å². The maximum atomic E-state index is 12.0. The van der Waals surface area contributed by atoms with Gasteiger partial charge in [0.1, 0.15) is 0 Å². The van der Waals surface area contributed by atoms with E-state index < -0.39 is 13.4 Å². The lowest BCUT2D eigenvalue weighted by Gasteiger charge is -2.23. The van der Waals surface area contributed by atoms with E-state index in [0.717, 1.165) is 36.1 Å². The number of aryl methyl sites for hydroxylation is 4. The second-order valence-corrected chi connectivity index (χ2v) is 8.03. The van der Waals surface area contributed by atoms with Gasteiger partial charge in [-0.1, -0.05) is 29.8 Å². The van der Waals surface area contributed by atoms with Gasteiger partial charge in [-0.3, -0.25) is 4.57 Å². The molecule has 5 heteroatoms. The molecule has 0 saturated carbocycles. The third kappa shape index (κ3) is 3.50. The van der Waals surface area contributed by atoms with Crippen LogP contribution in [0.2, 0.25) is 0 Å². The van der Waals surface area contributed by atoms with Crippen molar-refractivity contribution in [2.24, 2.45) is 0 Å². The number of rotatable bonds is 4. The molecule has 1 atom stereocenters. The van der Waals surface area contributed by atoms with Crippen molar-refractivity contribution in [1.29, 1.82) is 0 Å². The first-order valence-corrected chi connectivity index (χ1v) is 9.53. The van der Waals surface area contributed by atoms with Crippen LogP contribution in [0, 0.1) is 13.8 Å². The summed E-state index contributed by atoms with van der Waals surface area (Å²) in [6.45, 7) is 3.85. The average molecular weight is 331 g/mol. The Morgan fingerprint density at radius 1 is 1.04 bits per heavy atom. The normalized spacial score (nSPS) is 15.3. The van der Waals surface area contributed by atoms with Crippen LogP contribution in [0.3, 0.4) is 0 Å². The summed E-state index contributed by atoms with van der Waals surface area (Å²) < 4.78 is 12.0. The summed E-state index contributed by atoms with van der Waals surface area (Å²) in [6, 6.07) is 11.6. The Labute approximate surface area is 136 Å². The second kappa shape index (κ2) is 6.12. The molecule has 0 aliphatic heterocycles. The van der Waals surface area contributed by atoms with Gasteiger partial charge in [-0.25, -0.2) is 0 Å². The molecule has 2 aromatic carbocycles. The van der Waals surface area contributed by atoms with Crippen molar-refractivity contribution in [2.45, 2.75) is 38.9 Å². The standard InChI is InChI=1S/C18H22NO3P/c1-12-6-9-17(13(2)10-12)18(23(20,21)22)19-16-8-7-14-4-3-5-15(14)11-16/h6-11,18-19H,3-5H2,1-2H3,(H2,20,21,22). The summed E-state index contributed by atoms with van der Waals surface area (Å²) in [5, 5.41) is 3.06. The number of anilines is 1. The van der Waals surface area contributed by atoms with Gasteiger partial charge >= 0.3 is 7.60 Å². The minimum absolute atomic E-state index is 0.643. The van der Waals surface area contributed by atoms with Crippen LogP contribution < -0.4 is 5.32 Å². The van der Waals surface area contributed by atoms with Crippen molar-refractivity contribution in [1.82, 2.24) is 0 Å². The minimum Gasteiger partial charge on any atom is -0.368 e. The van der Waals surface area contributed by atoms with Gasteiger partial charge in [0.05, 0.1) is 0 Å². The molecule has 0 spiro atoms. The number of fused-ring (bicyclic) bond motifs is 1. The zero-order valence-corrected chi connectivity index (χ0v) is 14.3. The van der Waals surface area contributed by atoms with Crippen LogP contribution in [0.4, 0.5) is 5.69 Å². The lowest BCUT2D eigenvalue weighted by atomic mass is 10.0. The van der Waals surface area contributed by atoms with E-state index in [2.05, 4.69) is 11.4 Å². The van der Waals surface area contributed by atoms with Crippen molar-refractivity contribution >= 4 is 13.3 Å². The van der Waals surface area contributed by atoms with Gasteiger partial charge in [0.25, 0.3) is 0 Å². The first-order valence-electron chi connectivity index (χ1n) is 7.85. The highest BCUT2D eigenvalue weighted by atomic mass is 31.2. The Bertz CT molecular complexity index is 782. The summed E-state index contributed by atoms with van der Waals surface area (Å²) in [7, 11) is -4.34.